The maximum absolute atomic E-state index is 12.4. The van der Waals surface area contributed by atoms with Crippen molar-refractivity contribution in [3.05, 3.63) is 63.3 Å². The number of benzene rings is 2. The van der Waals surface area contributed by atoms with E-state index in [1.165, 1.54) is 6.07 Å². The van der Waals surface area contributed by atoms with E-state index in [9.17, 15) is 9.59 Å². The Balaban J connectivity index is 2.10. The Morgan fingerprint density at radius 1 is 1.24 bits per heavy atom. The molecule has 0 amide bonds. The minimum absolute atomic E-state index is 0.0182. The van der Waals surface area contributed by atoms with Crippen LogP contribution in [0.3, 0.4) is 0 Å². The molecule has 3 aromatic rings. The number of carboxylic acids is 1. The lowest BCUT2D eigenvalue weighted by atomic mass is 10.1. The molecule has 6 heteroatoms. The van der Waals surface area contributed by atoms with Gasteiger partial charge in [0, 0.05) is 6.07 Å². The third kappa shape index (κ3) is 3.67. The highest BCUT2D eigenvalue weighted by Crippen LogP contribution is 2.33. The highest BCUT2D eigenvalue weighted by atomic mass is 35.5. The van der Waals surface area contributed by atoms with Crippen LogP contribution in [0.5, 0.6) is 5.75 Å². The third-order valence-electron chi connectivity index (χ3n) is 3.68. The molecule has 1 heterocycles. The van der Waals surface area contributed by atoms with Crippen molar-refractivity contribution in [2.45, 2.75) is 13.3 Å². The highest BCUT2D eigenvalue weighted by molar-refractivity contribution is 6.34. The van der Waals surface area contributed by atoms with E-state index in [1.54, 1.807) is 30.3 Å². The maximum atomic E-state index is 12.4. The molecule has 0 radical (unpaired) electrons. The number of carboxylic acid groups (broad SMARTS) is 1. The SMILES string of the molecule is Cc1ccc(-c2cc(=O)c3cccc(Cl)c3o2)c(OCCC(=O)O)c1. The number of halogens is 1. The lowest BCUT2D eigenvalue weighted by Gasteiger charge is -2.12. The second-order valence-electron chi connectivity index (χ2n) is 5.58. The van der Waals surface area contributed by atoms with Crippen LogP contribution >= 0.6 is 11.6 Å². The van der Waals surface area contributed by atoms with Gasteiger partial charge in [-0.15, -0.1) is 0 Å². The number of fused-ring (bicyclic) bond motifs is 1. The second-order valence-corrected chi connectivity index (χ2v) is 5.99. The molecular weight excluding hydrogens is 344 g/mol. The third-order valence-corrected chi connectivity index (χ3v) is 3.98. The van der Waals surface area contributed by atoms with Crippen LogP contribution in [-0.2, 0) is 4.79 Å². The van der Waals surface area contributed by atoms with Crippen molar-refractivity contribution in [2.75, 3.05) is 6.61 Å². The highest BCUT2D eigenvalue weighted by Gasteiger charge is 2.14. The predicted molar refractivity (Wildman–Crippen MR) is 95.4 cm³/mol. The monoisotopic (exact) mass is 358 g/mol. The Hall–Kier alpha value is -2.79. The van der Waals surface area contributed by atoms with Crippen molar-refractivity contribution < 1.29 is 19.1 Å². The van der Waals surface area contributed by atoms with Crippen molar-refractivity contribution >= 4 is 28.5 Å². The maximum Gasteiger partial charge on any atom is 0.306 e. The number of aryl methyl sites for hydroxylation is 1. The molecule has 0 spiro atoms. The molecule has 3 rings (SSSR count). The number of para-hydroxylation sites is 1. The fourth-order valence-corrected chi connectivity index (χ4v) is 2.69. The molecule has 0 fully saturated rings. The Labute approximate surface area is 148 Å². The van der Waals surface area contributed by atoms with Gasteiger partial charge < -0.3 is 14.3 Å². The minimum atomic E-state index is -0.946. The Morgan fingerprint density at radius 2 is 2.04 bits per heavy atom. The number of ether oxygens (including phenoxy) is 1. The second kappa shape index (κ2) is 6.99. The van der Waals surface area contributed by atoms with E-state index in [0.29, 0.717) is 33.1 Å². The standard InChI is InChI=1S/C19H15ClO5/c1-11-5-6-13(16(9-11)24-8-7-18(22)23)17-10-15(21)12-3-2-4-14(20)19(12)25-17/h2-6,9-10H,7-8H2,1H3,(H,22,23). The van der Waals surface area contributed by atoms with Gasteiger partial charge in [0.15, 0.2) is 11.0 Å². The molecule has 2 aromatic carbocycles. The van der Waals surface area contributed by atoms with Crippen molar-refractivity contribution in [2.24, 2.45) is 0 Å². The van der Waals surface area contributed by atoms with Crippen molar-refractivity contribution in [3.63, 3.8) is 0 Å². The number of hydrogen-bond donors (Lipinski definition) is 1. The summed E-state index contributed by atoms with van der Waals surface area (Å²) in [6.45, 7) is 1.91. The molecule has 0 saturated carbocycles. The summed E-state index contributed by atoms with van der Waals surface area (Å²) in [4.78, 5) is 23.1. The Bertz CT molecular complexity index is 1010. The van der Waals surface area contributed by atoms with Gasteiger partial charge >= 0.3 is 5.97 Å². The summed E-state index contributed by atoms with van der Waals surface area (Å²) in [6, 6.07) is 11.8. The summed E-state index contributed by atoms with van der Waals surface area (Å²) in [5.74, 6) is -0.176. The van der Waals surface area contributed by atoms with Gasteiger partial charge in [0.25, 0.3) is 0 Å². The Morgan fingerprint density at radius 3 is 2.80 bits per heavy atom. The van der Waals surface area contributed by atoms with E-state index in [0.717, 1.165) is 5.56 Å². The molecule has 1 N–H and O–H groups in total. The predicted octanol–water partition coefficient (Wildman–Crippen LogP) is 4.28. The van der Waals surface area contributed by atoms with Crippen molar-refractivity contribution in [1.29, 1.82) is 0 Å². The summed E-state index contributed by atoms with van der Waals surface area (Å²) < 4.78 is 11.4. The van der Waals surface area contributed by atoms with E-state index in [2.05, 4.69) is 0 Å². The number of hydrogen-bond acceptors (Lipinski definition) is 4. The summed E-state index contributed by atoms with van der Waals surface area (Å²) in [7, 11) is 0. The molecule has 0 aliphatic rings. The largest absolute Gasteiger partial charge is 0.492 e. The van der Waals surface area contributed by atoms with Gasteiger partial charge in [0.05, 0.1) is 29.0 Å². The van der Waals surface area contributed by atoms with Gasteiger partial charge in [0.1, 0.15) is 11.5 Å². The van der Waals surface area contributed by atoms with Gasteiger partial charge in [-0.2, -0.15) is 0 Å². The van der Waals surface area contributed by atoms with Gasteiger partial charge in [-0.1, -0.05) is 23.7 Å². The minimum Gasteiger partial charge on any atom is -0.492 e. The normalized spacial score (nSPS) is 10.8. The average molecular weight is 359 g/mol. The lowest BCUT2D eigenvalue weighted by molar-refractivity contribution is -0.137. The Kier molecular flexibility index (Phi) is 4.76. The van der Waals surface area contributed by atoms with Gasteiger partial charge in [-0.3, -0.25) is 9.59 Å². The summed E-state index contributed by atoms with van der Waals surface area (Å²) >= 11 is 6.14. The van der Waals surface area contributed by atoms with E-state index < -0.39 is 5.97 Å². The van der Waals surface area contributed by atoms with Crippen molar-refractivity contribution in [3.8, 4) is 17.1 Å². The topological polar surface area (TPSA) is 76.7 Å². The molecule has 1 aromatic heterocycles. The molecule has 128 valence electrons. The van der Waals surface area contributed by atoms with E-state index in [1.807, 2.05) is 13.0 Å². The lowest BCUT2D eigenvalue weighted by Crippen LogP contribution is -2.06. The number of rotatable bonds is 5. The number of aliphatic carboxylic acids is 1. The van der Waals surface area contributed by atoms with Gasteiger partial charge in [-0.25, -0.2) is 0 Å². The summed E-state index contributed by atoms with van der Waals surface area (Å²) in [5.41, 5.74) is 1.60. The van der Waals surface area contributed by atoms with Gasteiger partial charge in [0.2, 0.25) is 0 Å². The summed E-state index contributed by atoms with van der Waals surface area (Å²) in [5, 5.41) is 9.51. The molecule has 0 saturated heterocycles. The number of carbonyl (C=O) groups is 1. The zero-order valence-corrected chi connectivity index (χ0v) is 14.2. The first kappa shape index (κ1) is 17.0. The van der Waals surface area contributed by atoms with Crippen LogP contribution in [0.25, 0.3) is 22.3 Å². The van der Waals surface area contributed by atoms with Crippen LogP contribution in [0.2, 0.25) is 5.02 Å². The van der Waals surface area contributed by atoms with Crippen LogP contribution in [-0.4, -0.2) is 17.7 Å². The fraction of sp³-hybridized carbons (Fsp3) is 0.158. The van der Waals surface area contributed by atoms with Crippen LogP contribution in [0.1, 0.15) is 12.0 Å². The van der Waals surface area contributed by atoms with Crippen LogP contribution in [0, 0.1) is 6.92 Å². The van der Waals surface area contributed by atoms with Gasteiger partial charge in [-0.05, 0) is 36.8 Å². The van der Waals surface area contributed by atoms with E-state index in [4.69, 9.17) is 25.9 Å². The molecular formula is C19H15ClO5. The molecule has 0 unspecified atom stereocenters. The fourth-order valence-electron chi connectivity index (χ4n) is 2.48. The van der Waals surface area contributed by atoms with E-state index >= 15 is 0 Å². The molecule has 0 aliphatic heterocycles. The first-order valence-electron chi connectivity index (χ1n) is 7.63. The smallest absolute Gasteiger partial charge is 0.306 e. The molecule has 25 heavy (non-hydrogen) atoms. The van der Waals surface area contributed by atoms with E-state index in [-0.39, 0.29) is 18.5 Å². The summed E-state index contributed by atoms with van der Waals surface area (Å²) in [6.07, 6.45) is -0.124. The zero-order chi connectivity index (χ0) is 18.0. The molecule has 0 aliphatic carbocycles. The first-order chi connectivity index (χ1) is 12.0. The molecule has 0 atom stereocenters. The zero-order valence-electron chi connectivity index (χ0n) is 13.4. The van der Waals surface area contributed by atoms with Crippen LogP contribution in [0.4, 0.5) is 0 Å². The molecule has 5 nitrogen and oxygen atoms in total. The van der Waals surface area contributed by atoms with Crippen molar-refractivity contribution in [1.82, 2.24) is 0 Å². The average Bonchev–Trinajstić information content (AvgIpc) is 2.55. The first-order valence-corrected chi connectivity index (χ1v) is 8.01. The van der Waals surface area contributed by atoms with Crippen LogP contribution < -0.4 is 10.2 Å². The quantitative estimate of drug-likeness (QED) is 0.736. The molecule has 0 bridgehead atoms. The van der Waals surface area contributed by atoms with Crippen LogP contribution in [0.15, 0.2) is 51.7 Å².